The average molecular weight is 184 g/mol. The van der Waals surface area contributed by atoms with Crippen LogP contribution in [0.1, 0.15) is 11.1 Å². The molecule has 12 heavy (non-hydrogen) atoms. The van der Waals surface area contributed by atoms with E-state index < -0.39 is 10.1 Å². The molecular formula is C8H8O3S. The van der Waals surface area contributed by atoms with E-state index in [0.29, 0.717) is 0 Å². The van der Waals surface area contributed by atoms with Crippen molar-refractivity contribution in [2.45, 2.75) is 18.4 Å². The molecule has 0 fully saturated rings. The number of aryl methyl sites for hydroxylation is 1. The highest BCUT2D eigenvalue weighted by molar-refractivity contribution is 7.86. The zero-order valence-electron chi connectivity index (χ0n) is 6.57. The second-order valence-corrected chi connectivity index (χ2v) is 4.42. The number of rotatable bonds is 0. The minimum Gasteiger partial charge on any atom is -0.262 e. The summed E-state index contributed by atoms with van der Waals surface area (Å²) in [6, 6.07) is 5.02. The SMILES string of the molecule is Cc1ccc2cc1COS2(=O)=O. The molecule has 2 bridgehead atoms. The van der Waals surface area contributed by atoms with Gasteiger partial charge in [-0.05, 0) is 30.2 Å². The van der Waals surface area contributed by atoms with Gasteiger partial charge in [0, 0.05) is 0 Å². The van der Waals surface area contributed by atoms with Gasteiger partial charge in [-0.3, -0.25) is 4.18 Å². The Bertz CT molecular complexity index is 420. The molecule has 64 valence electrons. The van der Waals surface area contributed by atoms with Gasteiger partial charge >= 0.3 is 0 Å². The Hall–Kier alpha value is -0.870. The summed E-state index contributed by atoms with van der Waals surface area (Å²) in [7, 11) is -3.44. The van der Waals surface area contributed by atoms with E-state index in [2.05, 4.69) is 0 Å². The molecule has 0 saturated heterocycles. The maximum atomic E-state index is 11.1. The fraction of sp³-hybridized carbons (Fsp3) is 0.250. The number of benzene rings is 1. The first-order valence-electron chi connectivity index (χ1n) is 3.58. The minimum atomic E-state index is -3.44. The van der Waals surface area contributed by atoms with E-state index in [1.807, 2.05) is 6.92 Å². The summed E-state index contributed by atoms with van der Waals surface area (Å²) in [4.78, 5) is 0.259. The monoisotopic (exact) mass is 184 g/mol. The van der Waals surface area contributed by atoms with E-state index in [1.54, 1.807) is 18.2 Å². The van der Waals surface area contributed by atoms with Gasteiger partial charge in [0.05, 0.1) is 11.5 Å². The van der Waals surface area contributed by atoms with Crippen molar-refractivity contribution in [1.82, 2.24) is 0 Å². The maximum absolute atomic E-state index is 11.1. The predicted octanol–water partition coefficient (Wildman–Crippen LogP) is 1.21. The zero-order valence-corrected chi connectivity index (χ0v) is 7.39. The van der Waals surface area contributed by atoms with Gasteiger partial charge in [0.2, 0.25) is 0 Å². The van der Waals surface area contributed by atoms with Crippen LogP contribution in [-0.4, -0.2) is 8.42 Å². The van der Waals surface area contributed by atoms with E-state index in [0.717, 1.165) is 11.1 Å². The Labute approximate surface area is 71.1 Å². The summed E-state index contributed by atoms with van der Waals surface area (Å²) >= 11 is 0. The third-order valence-corrected chi connectivity index (χ3v) is 3.24. The second-order valence-electron chi connectivity index (χ2n) is 2.80. The van der Waals surface area contributed by atoms with Crippen molar-refractivity contribution in [2.75, 3.05) is 0 Å². The highest BCUT2D eigenvalue weighted by Crippen LogP contribution is 2.24. The third kappa shape index (κ3) is 1.04. The number of fused-ring (bicyclic) bond motifs is 2. The molecule has 1 aliphatic heterocycles. The maximum Gasteiger partial charge on any atom is 0.297 e. The van der Waals surface area contributed by atoms with Crippen molar-refractivity contribution in [3.05, 3.63) is 29.3 Å². The molecule has 0 amide bonds. The lowest BCUT2D eigenvalue weighted by Gasteiger charge is -2.14. The molecule has 0 atom stereocenters. The Kier molecular flexibility index (Phi) is 1.49. The highest BCUT2D eigenvalue weighted by Gasteiger charge is 2.21. The molecule has 0 unspecified atom stereocenters. The van der Waals surface area contributed by atoms with Gasteiger partial charge in [0.25, 0.3) is 10.1 Å². The fourth-order valence-electron chi connectivity index (χ4n) is 1.17. The Morgan fingerprint density at radius 3 is 2.92 bits per heavy atom. The van der Waals surface area contributed by atoms with Crippen LogP contribution >= 0.6 is 0 Å². The van der Waals surface area contributed by atoms with Crippen LogP contribution in [-0.2, 0) is 20.9 Å². The lowest BCUT2D eigenvalue weighted by Crippen LogP contribution is -2.12. The molecule has 1 heterocycles. The van der Waals surface area contributed by atoms with Crippen molar-refractivity contribution < 1.29 is 12.6 Å². The summed E-state index contributed by atoms with van der Waals surface area (Å²) in [6.07, 6.45) is 0. The first-order chi connectivity index (χ1) is 5.59. The number of hydrogen-bond acceptors (Lipinski definition) is 3. The molecular weight excluding hydrogens is 176 g/mol. The van der Waals surface area contributed by atoms with Gasteiger partial charge < -0.3 is 0 Å². The van der Waals surface area contributed by atoms with Crippen LogP contribution in [0.25, 0.3) is 0 Å². The van der Waals surface area contributed by atoms with E-state index in [1.165, 1.54) is 0 Å². The van der Waals surface area contributed by atoms with E-state index in [9.17, 15) is 8.42 Å². The normalized spacial score (nSPS) is 19.1. The van der Waals surface area contributed by atoms with Crippen molar-refractivity contribution in [2.24, 2.45) is 0 Å². The van der Waals surface area contributed by atoms with Crippen molar-refractivity contribution in [1.29, 1.82) is 0 Å². The summed E-state index contributed by atoms with van der Waals surface area (Å²) in [5.74, 6) is 0. The zero-order chi connectivity index (χ0) is 8.77. The first kappa shape index (κ1) is 7.76. The molecule has 0 saturated carbocycles. The van der Waals surface area contributed by atoms with Gasteiger partial charge in [-0.1, -0.05) is 6.07 Å². The fourth-order valence-corrected chi connectivity index (χ4v) is 2.11. The first-order valence-corrected chi connectivity index (χ1v) is 4.99. The topological polar surface area (TPSA) is 43.4 Å². The van der Waals surface area contributed by atoms with Gasteiger partial charge in [0.1, 0.15) is 0 Å². The molecule has 2 rings (SSSR count). The van der Waals surface area contributed by atoms with Crippen molar-refractivity contribution in [3.63, 3.8) is 0 Å². The molecule has 0 aromatic heterocycles. The molecule has 1 aromatic carbocycles. The molecule has 3 nitrogen and oxygen atoms in total. The summed E-state index contributed by atoms with van der Waals surface area (Å²) in [5.41, 5.74) is 2.01. The number of hydrogen-bond donors (Lipinski definition) is 0. The summed E-state index contributed by atoms with van der Waals surface area (Å²) < 4.78 is 27.0. The Balaban J connectivity index is 2.72. The van der Waals surface area contributed by atoms with Crippen LogP contribution < -0.4 is 0 Å². The summed E-state index contributed by atoms with van der Waals surface area (Å²) in [5, 5.41) is 0. The Morgan fingerprint density at radius 1 is 1.42 bits per heavy atom. The average Bonchev–Trinajstić information content (AvgIpc) is 2.02. The lowest BCUT2D eigenvalue weighted by atomic mass is 10.1. The van der Waals surface area contributed by atoms with Crippen LogP contribution in [0.5, 0.6) is 0 Å². The van der Waals surface area contributed by atoms with Crippen LogP contribution in [0.4, 0.5) is 0 Å². The summed E-state index contributed by atoms with van der Waals surface area (Å²) in [6.45, 7) is 2.10. The minimum absolute atomic E-state index is 0.169. The molecule has 1 aromatic rings. The molecule has 0 spiro atoms. The smallest absolute Gasteiger partial charge is 0.262 e. The molecule has 0 radical (unpaired) electrons. The van der Waals surface area contributed by atoms with Gasteiger partial charge in [0.15, 0.2) is 0 Å². The Morgan fingerprint density at radius 2 is 2.17 bits per heavy atom. The van der Waals surface area contributed by atoms with Crippen LogP contribution in [0, 0.1) is 6.92 Å². The van der Waals surface area contributed by atoms with Crippen molar-refractivity contribution >= 4 is 10.1 Å². The van der Waals surface area contributed by atoms with Crippen molar-refractivity contribution in [3.8, 4) is 0 Å². The second kappa shape index (κ2) is 2.31. The van der Waals surface area contributed by atoms with Crippen LogP contribution in [0.3, 0.4) is 0 Å². The van der Waals surface area contributed by atoms with Crippen LogP contribution in [0.2, 0.25) is 0 Å². The van der Waals surface area contributed by atoms with E-state index >= 15 is 0 Å². The van der Waals surface area contributed by atoms with Gasteiger partial charge in [-0.25, -0.2) is 0 Å². The molecule has 0 aliphatic carbocycles. The largest absolute Gasteiger partial charge is 0.297 e. The van der Waals surface area contributed by atoms with Gasteiger partial charge in [-0.15, -0.1) is 0 Å². The highest BCUT2D eigenvalue weighted by atomic mass is 32.2. The molecule has 0 N–H and O–H groups in total. The predicted molar refractivity (Wildman–Crippen MR) is 43.2 cm³/mol. The molecule has 1 aliphatic rings. The molecule has 4 heteroatoms. The standard InChI is InChI=1S/C8H8O3S/c1-6-2-3-8-4-7(6)5-11-12(8,9)10/h2-4H,5H2,1H3. The van der Waals surface area contributed by atoms with Crippen LogP contribution in [0.15, 0.2) is 23.1 Å². The lowest BCUT2D eigenvalue weighted by molar-refractivity contribution is 0.300. The third-order valence-electron chi connectivity index (χ3n) is 1.98. The quantitative estimate of drug-likeness (QED) is 0.569. The van der Waals surface area contributed by atoms with E-state index in [4.69, 9.17) is 4.18 Å². The van der Waals surface area contributed by atoms with E-state index in [-0.39, 0.29) is 11.5 Å². The van der Waals surface area contributed by atoms with Gasteiger partial charge in [-0.2, -0.15) is 8.42 Å².